The topological polar surface area (TPSA) is 50.7 Å². The molecule has 0 aromatic heterocycles. The average molecular weight is 223 g/mol. The monoisotopic (exact) mass is 223 g/mol. The molecule has 16 heavy (non-hydrogen) atoms. The Kier molecular flexibility index (Phi) is 3.64. The van der Waals surface area contributed by atoms with Gasteiger partial charge < -0.3 is 19.9 Å². The minimum absolute atomic E-state index is 0.336. The smallest absolute Gasteiger partial charge is 0.165 e. The summed E-state index contributed by atoms with van der Waals surface area (Å²) in [5.74, 6) is 1.63. The van der Waals surface area contributed by atoms with Crippen LogP contribution >= 0.6 is 0 Å². The first-order valence-corrected chi connectivity index (χ1v) is 5.53. The summed E-state index contributed by atoms with van der Waals surface area (Å²) >= 11 is 0. The lowest BCUT2D eigenvalue weighted by molar-refractivity contribution is 0.168. The lowest BCUT2D eigenvalue weighted by Gasteiger charge is -2.21. The van der Waals surface area contributed by atoms with Crippen molar-refractivity contribution in [3.05, 3.63) is 23.8 Å². The minimum atomic E-state index is -0.336. The van der Waals surface area contributed by atoms with E-state index >= 15 is 0 Å². The van der Waals surface area contributed by atoms with E-state index in [0.717, 1.165) is 17.1 Å². The fraction of sp³-hybridized carbons (Fsp3) is 0.500. The van der Waals surface area contributed by atoms with E-state index in [2.05, 4.69) is 5.32 Å². The molecule has 0 fully saturated rings. The molecule has 88 valence electrons. The van der Waals surface area contributed by atoms with Crippen LogP contribution in [0.3, 0.4) is 0 Å². The van der Waals surface area contributed by atoms with Crippen molar-refractivity contribution in [3.63, 3.8) is 0 Å². The van der Waals surface area contributed by atoms with Crippen molar-refractivity contribution in [2.75, 3.05) is 19.8 Å². The highest BCUT2D eigenvalue weighted by molar-refractivity contribution is 5.47. The predicted molar refractivity (Wildman–Crippen MR) is 60.8 cm³/mol. The lowest BCUT2D eigenvalue weighted by atomic mass is 10.1. The predicted octanol–water partition coefficient (Wildman–Crippen LogP) is 0.928. The van der Waals surface area contributed by atoms with Gasteiger partial charge in [0, 0.05) is 18.7 Å². The second kappa shape index (κ2) is 5.18. The summed E-state index contributed by atoms with van der Waals surface area (Å²) in [6, 6.07) is 5.86. The average Bonchev–Trinajstić information content (AvgIpc) is 2.29. The Bertz CT molecular complexity index is 352. The van der Waals surface area contributed by atoms with E-state index in [-0.39, 0.29) is 6.10 Å². The first-order chi connectivity index (χ1) is 7.77. The van der Waals surface area contributed by atoms with Gasteiger partial charge in [0.05, 0.1) is 6.10 Å². The Hall–Kier alpha value is -1.26. The first-order valence-electron chi connectivity index (χ1n) is 5.53. The molecule has 1 atom stereocenters. The van der Waals surface area contributed by atoms with Crippen LogP contribution < -0.4 is 14.8 Å². The van der Waals surface area contributed by atoms with E-state index in [1.165, 1.54) is 0 Å². The van der Waals surface area contributed by atoms with Crippen LogP contribution in [0.5, 0.6) is 11.5 Å². The van der Waals surface area contributed by atoms with E-state index in [9.17, 15) is 0 Å². The summed E-state index contributed by atoms with van der Waals surface area (Å²) in [5, 5.41) is 12.3. The van der Waals surface area contributed by atoms with Crippen molar-refractivity contribution >= 4 is 0 Å². The van der Waals surface area contributed by atoms with Crippen molar-refractivity contribution in [2.24, 2.45) is 0 Å². The Morgan fingerprint density at radius 1 is 1.38 bits per heavy atom. The number of para-hydroxylation sites is 1. The zero-order chi connectivity index (χ0) is 11.4. The SMILES string of the molecule is C[C@H](O)CNCc1cccc2c1OCCO2. The molecule has 1 aromatic carbocycles. The van der Waals surface area contributed by atoms with Gasteiger partial charge in [-0.1, -0.05) is 12.1 Å². The van der Waals surface area contributed by atoms with E-state index in [1.807, 2.05) is 18.2 Å². The van der Waals surface area contributed by atoms with Crippen molar-refractivity contribution in [3.8, 4) is 11.5 Å². The summed E-state index contributed by atoms with van der Waals surface area (Å²) in [6.07, 6.45) is -0.336. The number of rotatable bonds is 4. The largest absolute Gasteiger partial charge is 0.486 e. The second-order valence-corrected chi connectivity index (χ2v) is 3.92. The standard InChI is InChI=1S/C12H17NO3/c1-9(14)7-13-8-10-3-2-4-11-12(10)16-6-5-15-11/h2-4,9,13-14H,5-8H2,1H3/t9-/m0/s1. The molecule has 0 spiro atoms. The number of ether oxygens (including phenoxy) is 2. The van der Waals surface area contributed by atoms with Gasteiger partial charge in [-0.15, -0.1) is 0 Å². The molecule has 1 aromatic rings. The van der Waals surface area contributed by atoms with Gasteiger partial charge in [-0.25, -0.2) is 0 Å². The molecule has 1 heterocycles. The van der Waals surface area contributed by atoms with Crippen molar-refractivity contribution in [1.82, 2.24) is 5.32 Å². The quantitative estimate of drug-likeness (QED) is 0.797. The van der Waals surface area contributed by atoms with Crippen molar-refractivity contribution < 1.29 is 14.6 Å². The molecule has 4 heteroatoms. The molecule has 0 saturated carbocycles. The third-order valence-electron chi connectivity index (χ3n) is 2.40. The first kappa shape index (κ1) is 11.2. The Balaban J connectivity index is 2.03. The normalized spacial score (nSPS) is 15.9. The molecular weight excluding hydrogens is 206 g/mol. The Morgan fingerprint density at radius 3 is 3.00 bits per heavy atom. The van der Waals surface area contributed by atoms with Crippen LogP contribution in [0.25, 0.3) is 0 Å². The summed E-state index contributed by atoms with van der Waals surface area (Å²) in [4.78, 5) is 0. The van der Waals surface area contributed by atoms with E-state index in [0.29, 0.717) is 26.3 Å². The third kappa shape index (κ3) is 2.65. The number of benzene rings is 1. The molecule has 2 rings (SSSR count). The van der Waals surface area contributed by atoms with Crippen molar-refractivity contribution in [1.29, 1.82) is 0 Å². The number of nitrogens with one attached hydrogen (secondary N) is 1. The van der Waals surface area contributed by atoms with Gasteiger partial charge in [-0.2, -0.15) is 0 Å². The van der Waals surface area contributed by atoms with Gasteiger partial charge in [0.2, 0.25) is 0 Å². The van der Waals surface area contributed by atoms with Crippen LogP contribution in [0, 0.1) is 0 Å². The molecule has 0 radical (unpaired) electrons. The van der Waals surface area contributed by atoms with Crippen molar-refractivity contribution in [2.45, 2.75) is 19.6 Å². The summed E-state index contributed by atoms with van der Waals surface area (Å²) in [7, 11) is 0. The van der Waals surface area contributed by atoms with Crippen LogP contribution in [0.1, 0.15) is 12.5 Å². The number of aliphatic hydroxyl groups excluding tert-OH is 1. The van der Waals surface area contributed by atoms with Gasteiger partial charge in [-0.3, -0.25) is 0 Å². The molecule has 1 aliphatic rings. The molecule has 1 aliphatic heterocycles. The van der Waals surface area contributed by atoms with Crippen LogP contribution in [-0.4, -0.2) is 31.0 Å². The molecule has 2 N–H and O–H groups in total. The van der Waals surface area contributed by atoms with E-state index in [4.69, 9.17) is 14.6 Å². The van der Waals surface area contributed by atoms with Gasteiger partial charge >= 0.3 is 0 Å². The lowest BCUT2D eigenvalue weighted by Crippen LogP contribution is -2.25. The number of hydrogen-bond donors (Lipinski definition) is 2. The summed E-state index contributed by atoms with van der Waals surface area (Å²) in [5.41, 5.74) is 1.07. The molecule has 0 saturated heterocycles. The molecule has 0 amide bonds. The van der Waals surface area contributed by atoms with Gasteiger partial charge in [0.25, 0.3) is 0 Å². The fourth-order valence-corrected chi connectivity index (χ4v) is 1.69. The highest BCUT2D eigenvalue weighted by Gasteiger charge is 2.14. The maximum atomic E-state index is 9.15. The highest BCUT2D eigenvalue weighted by atomic mass is 16.6. The van der Waals surface area contributed by atoms with Crippen LogP contribution in [0.15, 0.2) is 18.2 Å². The molecule has 0 bridgehead atoms. The third-order valence-corrected chi connectivity index (χ3v) is 2.40. The second-order valence-electron chi connectivity index (χ2n) is 3.92. The zero-order valence-corrected chi connectivity index (χ0v) is 9.40. The summed E-state index contributed by atoms with van der Waals surface area (Å²) < 4.78 is 11.1. The number of hydrogen-bond acceptors (Lipinski definition) is 4. The van der Waals surface area contributed by atoms with Gasteiger partial charge in [0.1, 0.15) is 13.2 Å². The minimum Gasteiger partial charge on any atom is -0.486 e. The summed E-state index contributed by atoms with van der Waals surface area (Å²) in [6.45, 7) is 4.22. The molecule has 4 nitrogen and oxygen atoms in total. The number of fused-ring (bicyclic) bond motifs is 1. The molecular formula is C12H17NO3. The Labute approximate surface area is 95.2 Å². The van der Waals surface area contributed by atoms with Crippen LogP contribution in [-0.2, 0) is 6.54 Å². The zero-order valence-electron chi connectivity index (χ0n) is 9.40. The highest BCUT2D eigenvalue weighted by Crippen LogP contribution is 2.33. The van der Waals surface area contributed by atoms with Gasteiger partial charge in [0.15, 0.2) is 11.5 Å². The van der Waals surface area contributed by atoms with Gasteiger partial charge in [-0.05, 0) is 13.0 Å². The number of aliphatic hydroxyl groups is 1. The Morgan fingerprint density at radius 2 is 2.19 bits per heavy atom. The molecule has 0 aliphatic carbocycles. The van der Waals surface area contributed by atoms with E-state index in [1.54, 1.807) is 6.92 Å². The maximum Gasteiger partial charge on any atom is 0.165 e. The molecule has 0 unspecified atom stereocenters. The fourth-order valence-electron chi connectivity index (χ4n) is 1.69. The van der Waals surface area contributed by atoms with Crippen LogP contribution in [0.2, 0.25) is 0 Å². The van der Waals surface area contributed by atoms with E-state index < -0.39 is 0 Å². The van der Waals surface area contributed by atoms with Crippen LogP contribution in [0.4, 0.5) is 0 Å². The maximum absolute atomic E-state index is 9.15.